The van der Waals surface area contributed by atoms with Crippen LogP contribution in [-0.2, 0) is 0 Å². The molecule has 0 heterocycles. The third-order valence-electron chi connectivity index (χ3n) is 2.85. The maximum Gasteiger partial charge on any atom is 0.189 e. The average molecular weight is 323 g/mol. The molecule has 0 aliphatic carbocycles. The molecule has 2 aromatic rings. The van der Waals surface area contributed by atoms with Crippen molar-refractivity contribution in [2.75, 3.05) is 7.11 Å². The topological polar surface area (TPSA) is 46.5 Å². The summed E-state index contributed by atoms with van der Waals surface area (Å²) in [6, 6.07) is 9.81. The molecule has 0 saturated carbocycles. The first kappa shape index (κ1) is 15.4. The van der Waals surface area contributed by atoms with Crippen molar-refractivity contribution in [3.8, 4) is 11.5 Å². The van der Waals surface area contributed by atoms with Crippen LogP contribution in [0.3, 0.4) is 0 Å². The van der Waals surface area contributed by atoms with Crippen molar-refractivity contribution in [2.45, 2.75) is 0 Å². The van der Waals surface area contributed by atoms with Gasteiger partial charge in [0.15, 0.2) is 5.78 Å². The fraction of sp³-hybridized carbons (Fsp3) is 0.0625. The van der Waals surface area contributed by atoms with E-state index in [2.05, 4.69) is 0 Å². The lowest BCUT2D eigenvalue weighted by atomic mass is 10.1. The van der Waals surface area contributed by atoms with Crippen molar-refractivity contribution in [1.82, 2.24) is 0 Å². The molecule has 3 nitrogen and oxygen atoms in total. The molecule has 21 heavy (non-hydrogen) atoms. The SMILES string of the molecule is COc1ccc(/C=C/C(=O)c2cc(Cl)c(Cl)cc2O)cc1. The second-order valence-corrected chi connectivity index (χ2v) is 5.07. The molecule has 0 aliphatic rings. The van der Waals surface area contributed by atoms with Crippen molar-refractivity contribution < 1.29 is 14.6 Å². The second kappa shape index (κ2) is 6.66. The number of carbonyl (C=O) groups is 1. The number of allylic oxidation sites excluding steroid dienone is 1. The van der Waals surface area contributed by atoms with E-state index >= 15 is 0 Å². The van der Waals surface area contributed by atoms with Crippen LogP contribution in [0.1, 0.15) is 15.9 Å². The molecule has 5 heteroatoms. The number of carbonyl (C=O) groups excluding carboxylic acids is 1. The summed E-state index contributed by atoms with van der Waals surface area (Å²) >= 11 is 11.6. The van der Waals surface area contributed by atoms with E-state index in [1.165, 1.54) is 18.2 Å². The van der Waals surface area contributed by atoms with Crippen LogP contribution in [-0.4, -0.2) is 18.0 Å². The molecule has 0 fully saturated rings. The Labute approximate surface area is 132 Å². The molecule has 0 bridgehead atoms. The van der Waals surface area contributed by atoms with Gasteiger partial charge in [-0.2, -0.15) is 0 Å². The second-order valence-electron chi connectivity index (χ2n) is 4.25. The number of hydrogen-bond acceptors (Lipinski definition) is 3. The monoisotopic (exact) mass is 322 g/mol. The van der Waals surface area contributed by atoms with Gasteiger partial charge in [-0.3, -0.25) is 4.79 Å². The Bertz CT molecular complexity index is 691. The number of ketones is 1. The first-order valence-electron chi connectivity index (χ1n) is 6.05. The summed E-state index contributed by atoms with van der Waals surface area (Å²) in [5.41, 5.74) is 0.942. The zero-order chi connectivity index (χ0) is 15.4. The van der Waals surface area contributed by atoms with Crippen LogP contribution in [0.2, 0.25) is 10.0 Å². The van der Waals surface area contributed by atoms with E-state index < -0.39 is 0 Å². The fourth-order valence-electron chi connectivity index (χ4n) is 1.71. The largest absolute Gasteiger partial charge is 0.507 e. The van der Waals surface area contributed by atoms with Crippen LogP contribution in [0, 0.1) is 0 Å². The van der Waals surface area contributed by atoms with Crippen molar-refractivity contribution in [3.05, 3.63) is 63.6 Å². The number of phenols is 1. The predicted molar refractivity (Wildman–Crippen MR) is 84.5 cm³/mol. The molecule has 0 aromatic heterocycles. The van der Waals surface area contributed by atoms with E-state index in [0.29, 0.717) is 0 Å². The third kappa shape index (κ3) is 3.78. The van der Waals surface area contributed by atoms with E-state index in [4.69, 9.17) is 27.9 Å². The van der Waals surface area contributed by atoms with Crippen LogP contribution in [0.15, 0.2) is 42.5 Å². The van der Waals surface area contributed by atoms with Crippen LogP contribution >= 0.6 is 23.2 Å². The van der Waals surface area contributed by atoms with Gasteiger partial charge in [0, 0.05) is 6.07 Å². The number of methoxy groups -OCH3 is 1. The minimum atomic E-state index is -0.359. The molecule has 0 radical (unpaired) electrons. The maximum atomic E-state index is 12.1. The summed E-state index contributed by atoms with van der Waals surface area (Å²) in [5.74, 6) is 0.177. The molecule has 0 saturated heterocycles. The lowest BCUT2D eigenvalue weighted by molar-refractivity contribution is 0.104. The molecule has 2 aromatic carbocycles. The van der Waals surface area contributed by atoms with Gasteiger partial charge in [-0.05, 0) is 29.8 Å². The van der Waals surface area contributed by atoms with Gasteiger partial charge in [-0.15, -0.1) is 0 Å². The quantitative estimate of drug-likeness (QED) is 0.660. The lowest BCUT2D eigenvalue weighted by Gasteiger charge is -2.03. The Hall–Kier alpha value is -1.97. The molecule has 0 atom stereocenters. The Kier molecular flexibility index (Phi) is 4.89. The molecule has 0 spiro atoms. The normalized spacial score (nSPS) is 10.8. The first-order chi connectivity index (χ1) is 10.0. The minimum Gasteiger partial charge on any atom is -0.507 e. The molecule has 108 valence electrons. The predicted octanol–water partition coefficient (Wildman–Crippen LogP) is 4.60. The molecule has 0 unspecified atom stereocenters. The van der Waals surface area contributed by atoms with E-state index in [0.717, 1.165) is 11.3 Å². The van der Waals surface area contributed by atoms with Crippen LogP contribution in [0.4, 0.5) is 0 Å². The standard InChI is InChI=1S/C16H12Cl2O3/c1-21-11-5-2-10(3-6-11)4-7-15(19)12-8-13(17)14(18)9-16(12)20/h2-9,20H,1H3/b7-4+. The lowest BCUT2D eigenvalue weighted by Crippen LogP contribution is -1.95. The van der Waals surface area contributed by atoms with E-state index in [-0.39, 0.29) is 27.1 Å². The van der Waals surface area contributed by atoms with Gasteiger partial charge >= 0.3 is 0 Å². The maximum absolute atomic E-state index is 12.1. The first-order valence-corrected chi connectivity index (χ1v) is 6.81. The summed E-state index contributed by atoms with van der Waals surface area (Å²) in [6.45, 7) is 0. The van der Waals surface area contributed by atoms with Gasteiger partial charge in [-0.25, -0.2) is 0 Å². The minimum absolute atomic E-state index is 0.106. The summed E-state index contributed by atoms with van der Waals surface area (Å²) in [7, 11) is 1.58. The van der Waals surface area contributed by atoms with Gasteiger partial charge in [-0.1, -0.05) is 41.4 Å². The van der Waals surface area contributed by atoms with E-state index in [1.54, 1.807) is 25.3 Å². The van der Waals surface area contributed by atoms with Crippen LogP contribution in [0.25, 0.3) is 6.08 Å². The van der Waals surface area contributed by atoms with Crippen LogP contribution in [0.5, 0.6) is 11.5 Å². The molecule has 1 N–H and O–H groups in total. The Morgan fingerprint density at radius 3 is 2.38 bits per heavy atom. The van der Waals surface area contributed by atoms with Crippen LogP contribution < -0.4 is 4.74 Å². The molecule has 0 aliphatic heterocycles. The number of halogens is 2. The molecular formula is C16H12Cl2O3. The highest BCUT2D eigenvalue weighted by atomic mass is 35.5. The van der Waals surface area contributed by atoms with Crippen molar-refractivity contribution in [2.24, 2.45) is 0 Å². The van der Waals surface area contributed by atoms with Crippen molar-refractivity contribution >= 4 is 35.1 Å². The van der Waals surface area contributed by atoms with E-state index in [1.807, 2.05) is 12.1 Å². The van der Waals surface area contributed by atoms with Gasteiger partial charge in [0.2, 0.25) is 0 Å². The summed E-state index contributed by atoms with van der Waals surface area (Å²) in [4.78, 5) is 12.1. The third-order valence-corrected chi connectivity index (χ3v) is 3.57. The molecule has 0 amide bonds. The summed E-state index contributed by atoms with van der Waals surface area (Å²) < 4.78 is 5.05. The Morgan fingerprint density at radius 2 is 1.76 bits per heavy atom. The van der Waals surface area contributed by atoms with E-state index in [9.17, 15) is 9.90 Å². The Balaban J connectivity index is 2.20. The fourth-order valence-corrected chi connectivity index (χ4v) is 2.03. The molecular weight excluding hydrogens is 311 g/mol. The number of rotatable bonds is 4. The summed E-state index contributed by atoms with van der Waals surface area (Å²) in [5, 5.41) is 10.2. The highest BCUT2D eigenvalue weighted by Gasteiger charge is 2.11. The number of ether oxygens (including phenoxy) is 1. The zero-order valence-corrected chi connectivity index (χ0v) is 12.7. The Morgan fingerprint density at radius 1 is 1.14 bits per heavy atom. The zero-order valence-electron chi connectivity index (χ0n) is 11.1. The number of phenolic OH excluding ortho intramolecular Hbond substituents is 1. The van der Waals surface area contributed by atoms with Crippen molar-refractivity contribution in [3.63, 3.8) is 0 Å². The number of hydrogen-bond donors (Lipinski definition) is 1. The van der Waals surface area contributed by atoms with Gasteiger partial charge in [0.05, 0.1) is 22.7 Å². The number of benzene rings is 2. The summed E-state index contributed by atoms with van der Waals surface area (Å²) in [6.07, 6.45) is 3.00. The number of aromatic hydroxyl groups is 1. The smallest absolute Gasteiger partial charge is 0.189 e. The highest BCUT2D eigenvalue weighted by molar-refractivity contribution is 6.42. The van der Waals surface area contributed by atoms with Crippen molar-refractivity contribution in [1.29, 1.82) is 0 Å². The highest BCUT2D eigenvalue weighted by Crippen LogP contribution is 2.30. The van der Waals surface area contributed by atoms with Gasteiger partial charge in [0.25, 0.3) is 0 Å². The molecule has 2 rings (SSSR count). The van der Waals surface area contributed by atoms with Gasteiger partial charge in [0.1, 0.15) is 11.5 Å². The van der Waals surface area contributed by atoms with Gasteiger partial charge < -0.3 is 9.84 Å². The average Bonchev–Trinajstić information content (AvgIpc) is 2.49.